The molecule has 0 radical (unpaired) electrons. The summed E-state index contributed by atoms with van der Waals surface area (Å²) in [6.07, 6.45) is 7.43. The van der Waals surface area contributed by atoms with Crippen molar-refractivity contribution in [2.75, 3.05) is 0 Å². The molecule has 0 N–H and O–H groups in total. The predicted molar refractivity (Wildman–Crippen MR) is 55.5 cm³/mol. The zero-order valence-corrected chi connectivity index (χ0v) is 7.62. The summed E-state index contributed by atoms with van der Waals surface area (Å²) in [4.78, 5) is 0. The van der Waals surface area contributed by atoms with Crippen LogP contribution in [0.2, 0.25) is 0 Å². The second-order valence-corrected chi connectivity index (χ2v) is 3.02. The maximum Gasteiger partial charge on any atom is 0.0492 e. The van der Waals surface area contributed by atoms with E-state index in [2.05, 4.69) is 41.8 Å². The molecule has 1 nitrogen and oxygen atoms in total. The highest BCUT2D eigenvalue weighted by molar-refractivity contribution is 5.81. The van der Waals surface area contributed by atoms with E-state index in [1.54, 1.807) is 0 Å². The Bertz CT molecular complexity index is 471. The van der Waals surface area contributed by atoms with E-state index in [1.165, 1.54) is 10.9 Å². The van der Waals surface area contributed by atoms with Crippen LogP contribution in [0.1, 0.15) is 12.5 Å². The van der Waals surface area contributed by atoms with Crippen LogP contribution in [0.25, 0.3) is 10.9 Å². The molecule has 0 saturated carbocycles. The van der Waals surface area contributed by atoms with Crippen LogP contribution in [0.4, 0.5) is 0 Å². The molecule has 0 bridgehead atoms. The van der Waals surface area contributed by atoms with E-state index in [1.807, 2.05) is 6.07 Å². The van der Waals surface area contributed by atoms with Crippen LogP contribution < -0.4 is 0 Å². The minimum Gasteiger partial charge on any atom is -0.348 e. The van der Waals surface area contributed by atoms with Gasteiger partial charge in [0.2, 0.25) is 0 Å². The van der Waals surface area contributed by atoms with Gasteiger partial charge in [-0.1, -0.05) is 12.0 Å². The molecule has 13 heavy (non-hydrogen) atoms. The molecule has 0 unspecified atom stereocenters. The highest BCUT2D eigenvalue weighted by Crippen LogP contribution is 2.16. The number of aryl methyl sites for hydroxylation is 1. The molecule has 0 amide bonds. The van der Waals surface area contributed by atoms with Crippen LogP contribution in [0.5, 0.6) is 0 Å². The summed E-state index contributed by atoms with van der Waals surface area (Å²) in [7, 11) is 0. The summed E-state index contributed by atoms with van der Waals surface area (Å²) in [5.41, 5.74) is 2.17. The smallest absolute Gasteiger partial charge is 0.0492 e. The first-order chi connectivity index (χ1) is 6.35. The van der Waals surface area contributed by atoms with Crippen molar-refractivity contribution >= 4 is 10.9 Å². The number of fused-ring (bicyclic) bond motifs is 1. The summed E-state index contributed by atoms with van der Waals surface area (Å²) in [6, 6.07) is 8.21. The first-order valence-electron chi connectivity index (χ1n) is 4.40. The number of nitrogens with zero attached hydrogens (tertiary/aromatic N) is 1. The molecule has 2 rings (SSSR count). The SMILES string of the molecule is C#Cc1ccc2ccn(CC)c2c1. The Morgan fingerprint density at radius 3 is 2.92 bits per heavy atom. The van der Waals surface area contributed by atoms with Crippen LogP contribution in [0, 0.1) is 12.3 Å². The minimum absolute atomic E-state index is 0.945. The van der Waals surface area contributed by atoms with Gasteiger partial charge in [0, 0.05) is 23.8 Å². The summed E-state index contributed by atoms with van der Waals surface area (Å²) >= 11 is 0. The van der Waals surface area contributed by atoms with Gasteiger partial charge in [0.05, 0.1) is 0 Å². The Kier molecular flexibility index (Phi) is 1.83. The van der Waals surface area contributed by atoms with E-state index in [0.29, 0.717) is 0 Å². The van der Waals surface area contributed by atoms with E-state index in [0.717, 1.165) is 12.1 Å². The average Bonchev–Trinajstić information content (AvgIpc) is 2.59. The Balaban J connectivity index is 2.73. The Hall–Kier alpha value is -1.68. The predicted octanol–water partition coefficient (Wildman–Crippen LogP) is 2.64. The first-order valence-corrected chi connectivity index (χ1v) is 4.40. The number of aromatic nitrogens is 1. The standard InChI is InChI=1S/C12H11N/c1-3-10-5-6-11-7-8-13(4-2)12(11)9-10/h1,5-9H,4H2,2H3. The van der Waals surface area contributed by atoms with Crippen LogP contribution in [0.15, 0.2) is 30.5 Å². The lowest BCUT2D eigenvalue weighted by atomic mass is 10.2. The van der Waals surface area contributed by atoms with Crippen molar-refractivity contribution in [3.63, 3.8) is 0 Å². The number of hydrogen-bond acceptors (Lipinski definition) is 0. The Morgan fingerprint density at radius 2 is 2.23 bits per heavy atom. The Morgan fingerprint density at radius 1 is 1.38 bits per heavy atom. The number of hydrogen-bond donors (Lipinski definition) is 0. The fraction of sp³-hybridized carbons (Fsp3) is 0.167. The van der Waals surface area contributed by atoms with E-state index in [9.17, 15) is 0 Å². The van der Waals surface area contributed by atoms with Gasteiger partial charge in [0.25, 0.3) is 0 Å². The lowest BCUT2D eigenvalue weighted by molar-refractivity contribution is 0.797. The molecule has 1 aromatic carbocycles. The van der Waals surface area contributed by atoms with Gasteiger partial charge in [0.1, 0.15) is 0 Å². The molecule has 1 aromatic heterocycles. The molecule has 0 saturated heterocycles. The maximum atomic E-state index is 5.34. The van der Waals surface area contributed by atoms with Crippen molar-refractivity contribution in [2.45, 2.75) is 13.5 Å². The van der Waals surface area contributed by atoms with Gasteiger partial charge in [-0.3, -0.25) is 0 Å². The quantitative estimate of drug-likeness (QED) is 0.578. The lowest BCUT2D eigenvalue weighted by Crippen LogP contribution is -1.90. The van der Waals surface area contributed by atoms with Gasteiger partial charge < -0.3 is 4.57 Å². The molecular weight excluding hydrogens is 158 g/mol. The molecule has 1 heteroatoms. The van der Waals surface area contributed by atoms with E-state index in [4.69, 9.17) is 6.42 Å². The number of terminal acetylenes is 1. The van der Waals surface area contributed by atoms with Crippen molar-refractivity contribution in [2.24, 2.45) is 0 Å². The molecule has 0 aliphatic heterocycles. The molecule has 64 valence electrons. The van der Waals surface area contributed by atoms with Crippen molar-refractivity contribution in [1.29, 1.82) is 0 Å². The minimum atomic E-state index is 0.945. The Labute approximate surface area is 78.0 Å². The topological polar surface area (TPSA) is 4.93 Å². The fourth-order valence-corrected chi connectivity index (χ4v) is 1.55. The molecule has 2 aromatic rings. The summed E-state index contributed by atoms with van der Waals surface area (Å²) in [5, 5.41) is 1.25. The van der Waals surface area contributed by atoms with Gasteiger partial charge in [-0.15, -0.1) is 6.42 Å². The lowest BCUT2D eigenvalue weighted by Gasteiger charge is -2.00. The molecular formula is C12H11N. The zero-order valence-electron chi connectivity index (χ0n) is 7.62. The molecule has 0 aliphatic carbocycles. The normalized spacial score (nSPS) is 10.2. The maximum absolute atomic E-state index is 5.34. The molecule has 0 atom stereocenters. The largest absolute Gasteiger partial charge is 0.348 e. The monoisotopic (exact) mass is 169 g/mol. The van der Waals surface area contributed by atoms with Crippen molar-refractivity contribution in [3.05, 3.63) is 36.0 Å². The van der Waals surface area contributed by atoms with Crippen LogP contribution in [-0.4, -0.2) is 4.57 Å². The van der Waals surface area contributed by atoms with Gasteiger partial charge in [-0.25, -0.2) is 0 Å². The van der Waals surface area contributed by atoms with Crippen molar-refractivity contribution in [1.82, 2.24) is 4.57 Å². The molecule has 0 fully saturated rings. The van der Waals surface area contributed by atoms with Crippen molar-refractivity contribution < 1.29 is 0 Å². The van der Waals surface area contributed by atoms with Gasteiger partial charge >= 0.3 is 0 Å². The van der Waals surface area contributed by atoms with E-state index >= 15 is 0 Å². The van der Waals surface area contributed by atoms with Gasteiger partial charge in [-0.2, -0.15) is 0 Å². The summed E-state index contributed by atoms with van der Waals surface area (Å²) in [5.74, 6) is 2.65. The average molecular weight is 169 g/mol. The second-order valence-electron chi connectivity index (χ2n) is 3.02. The fourth-order valence-electron chi connectivity index (χ4n) is 1.55. The third kappa shape index (κ3) is 1.21. The highest BCUT2D eigenvalue weighted by Gasteiger charge is 1.98. The summed E-state index contributed by atoms with van der Waals surface area (Å²) in [6.45, 7) is 3.11. The van der Waals surface area contributed by atoms with E-state index < -0.39 is 0 Å². The first kappa shape index (κ1) is 7.94. The molecule has 0 spiro atoms. The van der Waals surface area contributed by atoms with Crippen LogP contribution >= 0.6 is 0 Å². The van der Waals surface area contributed by atoms with Crippen molar-refractivity contribution in [3.8, 4) is 12.3 Å². The zero-order chi connectivity index (χ0) is 9.26. The number of rotatable bonds is 1. The molecule has 0 aliphatic rings. The van der Waals surface area contributed by atoms with E-state index in [-0.39, 0.29) is 0 Å². The summed E-state index contributed by atoms with van der Waals surface area (Å²) < 4.78 is 2.19. The van der Waals surface area contributed by atoms with Crippen LogP contribution in [-0.2, 0) is 6.54 Å². The molecule has 1 heterocycles. The third-order valence-corrected chi connectivity index (χ3v) is 2.28. The van der Waals surface area contributed by atoms with Crippen LogP contribution in [0.3, 0.4) is 0 Å². The van der Waals surface area contributed by atoms with Gasteiger partial charge in [-0.05, 0) is 30.5 Å². The van der Waals surface area contributed by atoms with Gasteiger partial charge in [0.15, 0.2) is 0 Å². The highest BCUT2D eigenvalue weighted by atomic mass is 14.9. The third-order valence-electron chi connectivity index (χ3n) is 2.28. The number of benzene rings is 1. The second kappa shape index (κ2) is 2.99.